The summed E-state index contributed by atoms with van der Waals surface area (Å²) >= 11 is 0. The summed E-state index contributed by atoms with van der Waals surface area (Å²) in [4.78, 5) is 26.2. The van der Waals surface area contributed by atoms with Crippen molar-refractivity contribution >= 4 is 26.8 Å². The second-order valence-electron chi connectivity index (χ2n) is 13.4. The van der Waals surface area contributed by atoms with Gasteiger partial charge in [-0.25, -0.2) is 9.18 Å². The number of H-pyrrole nitrogens is 1. The van der Waals surface area contributed by atoms with Gasteiger partial charge in [0.2, 0.25) is 5.82 Å². The number of ether oxygens (including phenoxy) is 1. The number of rotatable bonds is 11. The number of nitrogens with zero attached hydrogens (tertiary/aromatic N) is 1. The van der Waals surface area contributed by atoms with E-state index in [-0.39, 0.29) is 29.7 Å². The summed E-state index contributed by atoms with van der Waals surface area (Å²) in [6, 6.07) is 0. The topological polar surface area (TPSA) is 126 Å². The Labute approximate surface area is 238 Å². The van der Waals surface area contributed by atoms with Gasteiger partial charge in [-0.15, -0.1) is 0 Å². The van der Waals surface area contributed by atoms with Crippen LogP contribution in [0.5, 0.6) is 0 Å². The normalized spacial score (nSPS) is 25.0. The Morgan fingerprint density at radius 2 is 1.62 bits per heavy atom. The van der Waals surface area contributed by atoms with E-state index in [0.717, 1.165) is 0 Å². The molecule has 232 valence electrons. The smallest absolute Gasteiger partial charge is 0.330 e. The zero-order chi connectivity index (χ0) is 31.1. The number of halogens is 2. The zero-order valence-electron chi connectivity index (χ0n) is 25.5. The standard InChI is InChI=1S/C25H46F2N2O8SSi2/c1-12-34-38(32,33)14-13-25(16-35-39(8,9)23(2,3)4)19(37-40(10,11)24(5,6)7)18(27)21(36-25)29-15-17(26)20(30)28-22(29)31/h15,18-19,21H,12-14,16H2,1-11H3,(H,28,30,31)/t18-,19-,21+,25+/m0/s1. The third-order valence-electron chi connectivity index (χ3n) is 8.42. The Morgan fingerprint density at radius 3 is 2.12 bits per heavy atom. The molecule has 1 N–H and O–H groups in total. The van der Waals surface area contributed by atoms with Crippen LogP contribution in [0, 0.1) is 5.82 Å². The SMILES string of the molecule is CCOS(=O)(=O)CC[C@]1(CO[Si](C)(C)C(C)(C)C)O[C@@H](n2cc(F)c(=O)[nH]c2=O)[C@@H](F)[C@@H]1O[Si](C)(C)C(C)(C)C. The summed E-state index contributed by atoms with van der Waals surface area (Å²) in [5, 5.41) is -0.608. The molecule has 0 radical (unpaired) electrons. The van der Waals surface area contributed by atoms with Crippen molar-refractivity contribution in [1.82, 2.24) is 9.55 Å². The summed E-state index contributed by atoms with van der Waals surface area (Å²) in [6.07, 6.45) is -4.81. The van der Waals surface area contributed by atoms with E-state index in [1.54, 1.807) is 0 Å². The lowest BCUT2D eigenvalue weighted by atomic mass is 9.94. The fourth-order valence-electron chi connectivity index (χ4n) is 3.78. The van der Waals surface area contributed by atoms with Crippen molar-refractivity contribution in [3.63, 3.8) is 0 Å². The second kappa shape index (κ2) is 11.8. The molecule has 4 atom stereocenters. The Balaban J connectivity index is 2.74. The predicted molar refractivity (Wildman–Crippen MR) is 154 cm³/mol. The van der Waals surface area contributed by atoms with Crippen molar-refractivity contribution < 1.29 is 35.0 Å². The highest BCUT2D eigenvalue weighted by atomic mass is 32.2. The quantitative estimate of drug-likeness (QED) is 0.282. The lowest BCUT2D eigenvalue weighted by Gasteiger charge is -2.45. The van der Waals surface area contributed by atoms with Gasteiger partial charge in [0, 0.05) is 0 Å². The average Bonchev–Trinajstić information content (AvgIpc) is 3.04. The third kappa shape index (κ3) is 7.58. The average molecular weight is 629 g/mol. The van der Waals surface area contributed by atoms with Gasteiger partial charge in [-0.1, -0.05) is 41.5 Å². The summed E-state index contributed by atoms with van der Waals surface area (Å²) in [5.41, 5.74) is -4.02. The first-order chi connectivity index (χ1) is 17.9. The zero-order valence-corrected chi connectivity index (χ0v) is 28.3. The first-order valence-electron chi connectivity index (χ1n) is 13.4. The van der Waals surface area contributed by atoms with E-state index < -0.39 is 73.7 Å². The van der Waals surface area contributed by atoms with Crippen LogP contribution in [0.25, 0.3) is 0 Å². The van der Waals surface area contributed by atoms with Crippen LogP contribution in [0.4, 0.5) is 8.78 Å². The molecule has 0 aromatic carbocycles. The van der Waals surface area contributed by atoms with Gasteiger partial charge in [0.15, 0.2) is 29.0 Å². The van der Waals surface area contributed by atoms with Gasteiger partial charge < -0.3 is 13.6 Å². The monoisotopic (exact) mass is 628 g/mol. The van der Waals surface area contributed by atoms with Crippen molar-refractivity contribution in [3.05, 3.63) is 32.9 Å². The molecule has 10 nitrogen and oxygen atoms in total. The van der Waals surface area contributed by atoms with Gasteiger partial charge in [-0.3, -0.25) is 18.5 Å². The molecule has 1 aromatic heterocycles. The van der Waals surface area contributed by atoms with Crippen LogP contribution in [0.1, 0.15) is 61.1 Å². The number of nitrogens with one attached hydrogen (secondary N) is 1. The molecule has 1 aliphatic rings. The summed E-state index contributed by atoms with van der Waals surface area (Å²) < 4.78 is 80.9. The molecular weight excluding hydrogens is 583 g/mol. The highest BCUT2D eigenvalue weighted by Gasteiger charge is 2.60. The number of hydrogen-bond acceptors (Lipinski definition) is 8. The lowest BCUT2D eigenvalue weighted by molar-refractivity contribution is -0.125. The van der Waals surface area contributed by atoms with Gasteiger partial charge in [0.25, 0.3) is 15.7 Å². The minimum absolute atomic E-state index is 0.0824. The third-order valence-corrected chi connectivity index (χ3v) is 18.7. The first-order valence-corrected chi connectivity index (χ1v) is 20.8. The number of aromatic amines is 1. The van der Waals surface area contributed by atoms with E-state index in [2.05, 4.69) is 0 Å². The Morgan fingerprint density at radius 1 is 1.07 bits per heavy atom. The minimum Gasteiger partial charge on any atom is -0.414 e. The molecule has 0 bridgehead atoms. The van der Waals surface area contributed by atoms with Crippen molar-refractivity contribution in [1.29, 1.82) is 0 Å². The van der Waals surface area contributed by atoms with E-state index in [0.29, 0.717) is 10.8 Å². The Hall–Kier alpha value is -1.24. The molecule has 0 amide bonds. The Bertz CT molecular complexity index is 1270. The molecule has 1 fully saturated rings. The molecule has 0 spiro atoms. The minimum atomic E-state index is -4.02. The fourth-order valence-corrected chi connectivity index (χ4v) is 7.23. The van der Waals surface area contributed by atoms with Crippen LogP contribution in [0.2, 0.25) is 36.3 Å². The molecule has 40 heavy (non-hydrogen) atoms. The highest BCUT2D eigenvalue weighted by molar-refractivity contribution is 7.86. The molecule has 0 aliphatic carbocycles. The van der Waals surface area contributed by atoms with Gasteiger partial charge in [-0.05, 0) is 49.6 Å². The fraction of sp³-hybridized carbons (Fsp3) is 0.840. The maximum atomic E-state index is 16.6. The van der Waals surface area contributed by atoms with Gasteiger partial charge in [-0.2, -0.15) is 12.8 Å². The van der Waals surface area contributed by atoms with Crippen LogP contribution in [0.3, 0.4) is 0 Å². The van der Waals surface area contributed by atoms with Gasteiger partial charge in [0.05, 0.1) is 25.2 Å². The number of aromatic nitrogens is 2. The van der Waals surface area contributed by atoms with Crippen molar-refractivity contribution in [2.24, 2.45) is 0 Å². The van der Waals surface area contributed by atoms with Crippen LogP contribution in [-0.4, -0.2) is 71.4 Å². The van der Waals surface area contributed by atoms with Crippen molar-refractivity contribution in [3.8, 4) is 0 Å². The van der Waals surface area contributed by atoms with Gasteiger partial charge in [0.1, 0.15) is 11.7 Å². The Kier molecular flexibility index (Phi) is 10.3. The first kappa shape index (κ1) is 35.0. The lowest BCUT2D eigenvalue weighted by Crippen LogP contribution is -2.57. The summed E-state index contributed by atoms with van der Waals surface area (Å²) in [6.45, 7) is 21.0. The van der Waals surface area contributed by atoms with Crippen LogP contribution in [0.15, 0.2) is 15.8 Å². The van der Waals surface area contributed by atoms with E-state index in [9.17, 15) is 22.4 Å². The van der Waals surface area contributed by atoms with E-state index in [1.165, 1.54) is 6.92 Å². The van der Waals surface area contributed by atoms with E-state index in [1.807, 2.05) is 72.7 Å². The second-order valence-corrected chi connectivity index (χ2v) is 24.8. The summed E-state index contributed by atoms with van der Waals surface area (Å²) in [7, 11) is -9.24. The van der Waals surface area contributed by atoms with Crippen molar-refractivity contribution in [2.75, 3.05) is 19.0 Å². The maximum Gasteiger partial charge on any atom is 0.330 e. The molecule has 1 saturated heterocycles. The molecule has 2 rings (SSSR count). The van der Waals surface area contributed by atoms with E-state index in [4.69, 9.17) is 17.8 Å². The molecule has 1 aromatic rings. The largest absolute Gasteiger partial charge is 0.414 e. The number of hydrogen-bond donors (Lipinski definition) is 1. The molecule has 0 saturated carbocycles. The molecule has 2 heterocycles. The van der Waals surface area contributed by atoms with Crippen molar-refractivity contribution in [2.45, 2.75) is 115 Å². The highest BCUT2D eigenvalue weighted by Crippen LogP contribution is 2.48. The van der Waals surface area contributed by atoms with Gasteiger partial charge >= 0.3 is 5.69 Å². The summed E-state index contributed by atoms with van der Waals surface area (Å²) in [5.74, 6) is -1.83. The number of alkyl halides is 1. The maximum absolute atomic E-state index is 16.6. The molecular formula is C25H46F2N2O8SSi2. The predicted octanol–water partition coefficient (Wildman–Crippen LogP) is 4.45. The van der Waals surface area contributed by atoms with Crippen LogP contribution >= 0.6 is 0 Å². The molecule has 15 heteroatoms. The van der Waals surface area contributed by atoms with E-state index >= 15 is 4.39 Å². The molecule has 1 aliphatic heterocycles. The van der Waals surface area contributed by atoms with Crippen LogP contribution in [-0.2, 0) is 27.9 Å². The molecule has 0 unspecified atom stereocenters. The van der Waals surface area contributed by atoms with Crippen LogP contribution < -0.4 is 11.2 Å².